The van der Waals surface area contributed by atoms with E-state index in [1.165, 1.54) is 61.2 Å². The van der Waals surface area contributed by atoms with Gasteiger partial charge in [-0.1, -0.05) is 72.8 Å². The van der Waals surface area contributed by atoms with Crippen LogP contribution in [0.3, 0.4) is 0 Å². The molecule has 0 aliphatic heterocycles. The first-order valence-electron chi connectivity index (χ1n) is 4.91. The highest BCUT2D eigenvalue weighted by Gasteiger charge is 1.87. The van der Waals surface area contributed by atoms with E-state index in [0.717, 1.165) is 0 Å². The van der Waals surface area contributed by atoms with E-state index in [0.29, 0.717) is 0 Å². The van der Waals surface area contributed by atoms with Gasteiger partial charge in [-0.2, -0.15) is 0 Å². The molecule has 0 N–H and O–H groups in total. The fraction of sp³-hybridized carbons (Fsp3) is 1.00. The third kappa shape index (κ3) is 16.7. The second-order valence-electron chi connectivity index (χ2n) is 3.12. The van der Waals surface area contributed by atoms with Crippen molar-refractivity contribution in [3.63, 3.8) is 0 Å². The highest BCUT2D eigenvalue weighted by molar-refractivity contribution is 6.08. The highest BCUT2D eigenvalue weighted by atomic mass is 28.1. The minimum absolute atomic E-state index is 0. The average Bonchev–Trinajstić information content (AvgIpc) is 1.97. The largest absolute Gasteiger partial charge is 0.0776 e. The number of hydrogen-bond acceptors (Lipinski definition) is 0. The van der Waals surface area contributed by atoms with Crippen molar-refractivity contribution < 1.29 is 0 Å². The lowest BCUT2D eigenvalue weighted by Crippen LogP contribution is -1.78. The van der Waals surface area contributed by atoms with Gasteiger partial charge in [-0.05, 0) is 0 Å². The van der Waals surface area contributed by atoms with Gasteiger partial charge in [-0.3, -0.25) is 0 Å². The van der Waals surface area contributed by atoms with Crippen LogP contribution in [0.25, 0.3) is 0 Å². The van der Waals surface area contributed by atoms with Crippen LogP contribution in [0.5, 0.6) is 0 Å². The zero-order valence-corrected chi connectivity index (χ0v) is 9.66. The first kappa shape index (κ1) is 18.1. The molecule has 0 heterocycles. The smallest absolute Gasteiger partial charge is 0.00279 e. The van der Waals surface area contributed by atoms with Gasteiger partial charge in [0.05, 0.1) is 0 Å². The second-order valence-corrected chi connectivity index (χ2v) is 4.12. The maximum Gasteiger partial charge on any atom is 0.00279 e. The van der Waals surface area contributed by atoms with E-state index in [-0.39, 0.29) is 14.9 Å². The van der Waals surface area contributed by atoms with Crippen LogP contribution in [0.4, 0.5) is 0 Å². The van der Waals surface area contributed by atoms with Crippen molar-refractivity contribution in [3.05, 3.63) is 0 Å². The quantitative estimate of drug-likeness (QED) is 0.423. The van der Waals surface area contributed by atoms with Crippen molar-refractivity contribution >= 4 is 10.2 Å². The fourth-order valence-corrected chi connectivity index (χ4v) is 1.71. The summed E-state index contributed by atoms with van der Waals surface area (Å²) in [5.74, 6) is 0. The summed E-state index contributed by atoms with van der Waals surface area (Å²) in [6.07, 6.45) is 10.3. The van der Waals surface area contributed by atoms with E-state index in [1.807, 2.05) is 0 Å². The molecule has 0 amide bonds. The molecular weight excluding hydrogens is 160 g/mol. The molecule has 0 saturated heterocycles. The SMILES string of the molecule is C.C.CCCCCCCCC[SiH3]. The Balaban J connectivity index is -0.000000405. The minimum Gasteiger partial charge on any atom is -0.0776 e. The molecule has 78 valence electrons. The summed E-state index contributed by atoms with van der Waals surface area (Å²) in [6.45, 7) is 2.28. The lowest BCUT2D eigenvalue weighted by Gasteiger charge is -1.97. The first-order chi connectivity index (χ1) is 4.91. The molecular formula is C11H30Si. The van der Waals surface area contributed by atoms with Crippen LogP contribution in [0, 0.1) is 0 Å². The van der Waals surface area contributed by atoms with Crippen LogP contribution < -0.4 is 0 Å². The monoisotopic (exact) mass is 190 g/mol. The summed E-state index contributed by atoms with van der Waals surface area (Å²) in [7, 11) is 1.41. The van der Waals surface area contributed by atoms with Crippen LogP contribution in [0.1, 0.15) is 66.7 Å². The maximum atomic E-state index is 2.28. The van der Waals surface area contributed by atoms with Gasteiger partial charge in [-0.25, -0.2) is 0 Å². The van der Waals surface area contributed by atoms with E-state index in [9.17, 15) is 0 Å². The van der Waals surface area contributed by atoms with E-state index in [4.69, 9.17) is 0 Å². The Hall–Kier alpha value is 0.217. The molecule has 0 fully saturated rings. The van der Waals surface area contributed by atoms with Crippen LogP contribution in [-0.2, 0) is 0 Å². The van der Waals surface area contributed by atoms with Gasteiger partial charge in [0.1, 0.15) is 0 Å². The molecule has 0 aromatic rings. The Morgan fingerprint density at radius 1 is 0.750 bits per heavy atom. The number of hydrogen-bond donors (Lipinski definition) is 0. The van der Waals surface area contributed by atoms with Crippen LogP contribution >= 0.6 is 0 Å². The zero-order chi connectivity index (χ0) is 7.66. The molecule has 0 radical (unpaired) electrons. The predicted molar refractivity (Wildman–Crippen MR) is 66.2 cm³/mol. The molecule has 0 saturated carbocycles. The Kier molecular flexibility index (Phi) is 26.1. The van der Waals surface area contributed by atoms with E-state index in [2.05, 4.69) is 6.92 Å². The molecule has 0 aliphatic rings. The molecule has 0 bridgehead atoms. The van der Waals surface area contributed by atoms with Crippen molar-refractivity contribution in [3.8, 4) is 0 Å². The van der Waals surface area contributed by atoms with Gasteiger partial charge in [0, 0.05) is 10.2 Å². The summed E-state index contributed by atoms with van der Waals surface area (Å²) in [5.41, 5.74) is 0. The highest BCUT2D eigenvalue weighted by Crippen LogP contribution is 2.07. The molecule has 0 rings (SSSR count). The molecule has 0 aliphatic carbocycles. The summed E-state index contributed by atoms with van der Waals surface area (Å²) in [6, 6.07) is 1.51. The Morgan fingerprint density at radius 3 is 1.58 bits per heavy atom. The van der Waals surface area contributed by atoms with Crippen LogP contribution in [-0.4, -0.2) is 10.2 Å². The first-order valence-corrected chi connectivity index (χ1v) is 6.33. The van der Waals surface area contributed by atoms with Gasteiger partial charge < -0.3 is 0 Å². The van der Waals surface area contributed by atoms with Crippen molar-refractivity contribution in [2.45, 2.75) is 72.8 Å². The summed E-state index contributed by atoms with van der Waals surface area (Å²) in [5, 5.41) is 0. The average molecular weight is 190 g/mol. The topological polar surface area (TPSA) is 0 Å². The van der Waals surface area contributed by atoms with Gasteiger partial charge >= 0.3 is 0 Å². The summed E-state index contributed by atoms with van der Waals surface area (Å²) >= 11 is 0. The molecule has 0 nitrogen and oxygen atoms in total. The minimum atomic E-state index is 0. The molecule has 12 heavy (non-hydrogen) atoms. The second kappa shape index (κ2) is 17.3. The summed E-state index contributed by atoms with van der Waals surface area (Å²) in [4.78, 5) is 0. The molecule has 0 atom stereocenters. The van der Waals surface area contributed by atoms with Crippen molar-refractivity contribution in [2.24, 2.45) is 0 Å². The lowest BCUT2D eigenvalue weighted by atomic mass is 10.1. The Labute approximate surface area is 83.6 Å². The lowest BCUT2D eigenvalue weighted by molar-refractivity contribution is 0.602. The fourth-order valence-electron chi connectivity index (χ4n) is 1.21. The molecule has 1 heteroatoms. The van der Waals surface area contributed by atoms with Gasteiger partial charge in [0.2, 0.25) is 0 Å². The summed E-state index contributed by atoms with van der Waals surface area (Å²) < 4.78 is 0. The molecule has 0 aromatic carbocycles. The van der Waals surface area contributed by atoms with E-state index in [1.54, 1.807) is 0 Å². The molecule has 0 spiro atoms. The standard InChI is InChI=1S/C9H22Si.2CH4/c1-2-3-4-5-6-7-8-9-10;;/h2-9H2,1,10H3;2*1H4. The van der Waals surface area contributed by atoms with Gasteiger partial charge in [0.25, 0.3) is 0 Å². The maximum absolute atomic E-state index is 2.28. The predicted octanol–water partition coefficient (Wildman–Crippen LogP) is 3.79. The number of unbranched alkanes of at least 4 members (excludes halogenated alkanes) is 6. The van der Waals surface area contributed by atoms with E-state index < -0.39 is 0 Å². The third-order valence-corrected chi connectivity index (χ3v) is 2.66. The van der Waals surface area contributed by atoms with Crippen molar-refractivity contribution in [1.29, 1.82) is 0 Å². The van der Waals surface area contributed by atoms with E-state index >= 15 is 0 Å². The van der Waals surface area contributed by atoms with Gasteiger partial charge in [-0.15, -0.1) is 0 Å². The van der Waals surface area contributed by atoms with Gasteiger partial charge in [0.15, 0.2) is 0 Å². The Bertz CT molecular complexity index is 45.0. The normalized spacial score (nSPS) is 8.75. The number of rotatable bonds is 7. The molecule has 0 aromatic heterocycles. The zero-order valence-electron chi connectivity index (χ0n) is 7.66. The third-order valence-electron chi connectivity index (χ3n) is 1.96. The molecule has 0 unspecified atom stereocenters. The van der Waals surface area contributed by atoms with Crippen LogP contribution in [0.15, 0.2) is 0 Å². The van der Waals surface area contributed by atoms with Crippen molar-refractivity contribution in [1.82, 2.24) is 0 Å². The van der Waals surface area contributed by atoms with Crippen molar-refractivity contribution in [2.75, 3.05) is 0 Å². The van der Waals surface area contributed by atoms with Crippen LogP contribution in [0.2, 0.25) is 6.04 Å². The Morgan fingerprint density at radius 2 is 1.17 bits per heavy atom.